The maximum Gasteiger partial charge on any atom is 0.320 e. The summed E-state index contributed by atoms with van der Waals surface area (Å²) in [5.41, 5.74) is 7.20. The van der Waals surface area contributed by atoms with E-state index in [4.69, 9.17) is 10.5 Å². The molecule has 0 unspecified atom stereocenters. The second kappa shape index (κ2) is 5.12. The van der Waals surface area contributed by atoms with E-state index in [1.54, 1.807) is 0 Å². The van der Waals surface area contributed by atoms with Crippen LogP contribution in [0.25, 0.3) is 0 Å². The SMILES string of the molecule is Cc1cc(Br)ccc1COC(=O)CN. The summed E-state index contributed by atoms with van der Waals surface area (Å²) >= 11 is 3.36. The summed E-state index contributed by atoms with van der Waals surface area (Å²) in [6.07, 6.45) is 0. The van der Waals surface area contributed by atoms with Gasteiger partial charge in [-0.15, -0.1) is 0 Å². The van der Waals surface area contributed by atoms with Gasteiger partial charge in [-0.1, -0.05) is 22.0 Å². The van der Waals surface area contributed by atoms with Crippen LogP contribution in [-0.2, 0) is 16.1 Å². The van der Waals surface area contributed by atoms with E-state index < -0.39 is 0 Å². The molecule has 4 heteroatoms. The second-order valence-electron chi connectivity index (χ2n) is 2.94. The lowest BCUT2D eigenvalue weighted by molar-refractivity contribution is -0.143. The van der Waals surface area contributed by atoms with Crippen LogP contribution in [0.15, 0.2) is 22.7 Å². The lowest BCUT2D eigenvalue weighted by Gasteiger charge is -2.06. The Hall–Kier alpha value is -0.870. The average molecular weight is 258 g/mol. The third-order valence-electron chi connectivity index (χ3n) is 1.86. The molecule has 1 rings (SSSR count). The molecule has 0 saturated carbocycles. The van der Waals surface area contributed by atoms with Gasteiger partial charge >= 0.3 is 5.97 Å². The van der Waals surface area contributed by atoms with Crippen molar-refractivity contribution < 1.29 is 9.53 Å². The van der Waals surface area contributed by atoms with Gasteiger partial charge in [-0.25, -0.2) is 0 Å². The van der Waals surface area contributed by atoms with Crippen LogP contribution in [0.1, 0.15) is 11.1 Å². The Kier molecular flexibility index (Phi) is 4.10. The molecule has 14 heavy (non-hydrogen) atoms. The summed E-state index contributed by atoms with van der Waals surface area (Å²) in [4.78, 5) is 10.8. The molecule has 76 valence electrons. The maximum atomic E-state index is 10.8. The van der Waals surface area contributed by atoms with E-state index in [-0.39, 0.29) is 19.1 Å². The van der Waals surface area contributed by atoms with Gasteiger partial charge in [-0.3, -0.25) is 4.79 Å². The van der Waals surface area contributed by atoms with Crippen LogP contribution in [0.2, 0.25) is 0 Å². The highest BCUT2D eigenvalue weighted by Crippen LogP contribution is 2.16. The van der Waals surface area contributed by atoms with Crippen LogP contribution in [0, 0.1) is 6.92 Å². The molecular formula is C10H12BrNO2. The third kappa shape index (κ3) is 3.12. The van der Waals surface area contributed by atoms with Gasteiger partial charge in [0, 0.05) is 4.47 Å². The molecular weight excluding hydrogens is 246 g/mol. The summed E-state index contributed by atoms with van der Waals surface area (Å²) in [6.45, 7) is 2.18. The first kappa shape index (κ1) is 11.2. The number of hydrogen-bond donors (Lipinski definition) is 1. The Balaban J connectivity index is 2.63. The minimum absolute atomic E-state index is 0.0738. The smallest absolute Gasteiger partial charge is 0.320 e. The molecule has 0 aliphatic rings. The predicted molar refractivity (Wildman–Crippen MR) is 57.7 cm³/mol. The molecule has 3 nitrogen and oxygen atoms in total. The predicted octanol–water partition coefficient (Wildman–Crippen LogP) is 1.76. The van der Waals surface area contributed by atoms with Gasteiger partial charge < -0.3 is 10.5 Å². The molecule has 0 spiro atoms. The monoisotopic (exact) mass is 257 g/mol. The fourth-order valence-corrected chi connectivity index (χ4v) is 1.51. The molecule has 0 bridgehead atoms. The van der Waals surface area contributed by atoms with Crippen molar-refractivity contribution in [3.8, 4) is 0 Å². The van der Waals surface area contributed by atoms with Gasteiger partial charge in [0.05, 0.1) is 6.54 Å². The zero-order chi connectivity index (χ0) is 10.6. The standard InChI is InChI=1S/C10H12BrNO2/c1-7-4-9(11)3-2-8(7)6-14-10(13)5-12/h2-4H,5-6,12H2,1H3. The van der Waals surface area contributed by atoms with Gasteiger partial charge in [0.2, 0.25) is 0 Å². The number of aryl methyl sites for hydroxylation is 1. The average Bonchev–Trinajstić information content (AvgIpc) is 2.16. The summed E-state index contributed by atoms with van der Waals surface area (Å²) < 4.78 is 5.94. The second-order valence-corrected chi connectivity index (χ2v) is 3.85. The molecule has 0 fully saturated rings. The zero-order valence-electron chi connectivity index (χ0n) is 7.92. The molecule has 0 aromatic heterocycles. The molecule has 0 aliphatic heterocycles. The quantitative estimate of drug-likeness (QED) is 0.840. The van der Waals surface area contributed by atoms with Crippen LogP contribution in [0.3, 0.4) is 0 Å². The number of carbonyl (C=O) groups is 1. The van der Waals surface area contributed by atoms with E-state index >= 15 is 0 Å². The first-order valence-corrected chi connectivity index (χ1v) is 5.03. The van der Waals surface area contributed by atoms with E-state index in [1.807, 2.05) is 25.1 Å². The zero-order valence-corrected chi connectivity index (χ0v) is 9.50. The summed E-state index contributed by atoms with van der Waals surface area (Å²) in [5.74, 6) is -0.382. The molecule has 0 radical (unpaired) electrons. The van der Waals surface area contributed by atoms with Crippen LogP contribution in [0.4, 0.5) is 0 Å². The maximum absolute atomic E-state index is 10.8. The lowest BCUT2D eigenvalue weighted by atomic mass is 10.1. The van der Waals surface area contributed by atoms with Gasteiger partial charge in [0.1, 0.15) is 6.61 Å². The lowest BCUT2D eigenvalue weighted by Crippen LogP contribution is -2.16. The molecule has 0 heterocycles. The Morgan fingerprint density at radius 3 is 2.86 bits per heavy atom. The van der Waals surface area contributed by atoms with E-state index in [0.717, 1.165) is 15.6 Å². The summed E-state index contributed by atoms with van der Waals surface area (Å²) in [5, 5.41) is 0. The topological polar surface area (TPSA) is 52.3 Å². The van der Waals surface area contributed by atoms with E-state index in [2.05, 4.69) is 15.9 Å². The van der Waals surface area contributed by atoms with Crippen molar-refractivity contribution in [3.63, 3.8) is 0 Å². The fraction of sp³-hybridized carbons (Fsp3) is 0.300. The van der Waals surface area contributed by atoms with Crippen LogP contribution < -0.4 is 5.73 Å². The van der Waals surface area contributed by atoms with Crippen molar-refractivity contribution in [2.45, 2.75) is 13.5 Å². The number of ether oxygens (including phenoxy) is 1. The van der Waals surface area contributed by atoms with Crippen molar-refractivity contribution in [1.82, 2.24) is 0 Å². The molecule has 0 saturated heterocycles. The van der Waals surface area contributed by atoms with Gasteiger partial charge in [0.25, 0.3) is 0 Å². The molecule has 1 aromatic carbocycles. The third-order valence-corrected chi connectivity index (χ3v) is 2.35. The molecule has 2 N–H and O–H groups in total. The molecule has 0 amide bonds. The van der Waals surface area contributed by atoms with Crippen molar-refractivity contribution >= 4 is 21.9 Å². The van der Waals surface area contributed by atoms with Crippen LogP contribution in [-0.4, -0.2) is 12.5 Å². The summed E-state index contributed by atoms with van der Waals surface area (Å²) in [7, 11) is 0. The van der Waals surface area contributed by atoms with Crippen LogP contribution in [0.5, 0.6) is 0 Å². The number of nitrogens with two attached hydrogens (primary N) is 1. The highest BCUT2D eigenvalue weighted by atomic mass is 79.9. The highest BCUT2D eigenvalue weighted by Gasteiger charge is 2.02. The Morgan fingerprint density at radius 1 is 1.57 bits per heavy atom. The van der Waals surface area contributed by atoms with E-state index in [1.165, 1.54) is 0 Å². The molecule has 1 aromatic rings. The minimum Gasteiger partial charge on any atom is -0.460 e. The molecule has 0 aliphatic carbocycles. The highest BCUT2D eigenvalue weighted by molar-refractivity contribution is 9.10. The van der Waals surface area contributed by atoms with E-state index in [0.29, 0.717) is 0 Å². The van der Waals surface area contributed by atoms with Crippen LogP contribution >= 0.6 is 15.9 Å². The number of esters is 1. The largest absolute Gasteiger partial charge is 0.460 e. The summed E-state index contributed by atoms with van der Waals surface area (Å²) in [6, 6.07) is 5.81. The van der Waals surface area contributed by atoms with Gasteiger partial charge in [-0.2, -0.15) is 0 Å². The fourth-order valence-electron chi connectivity index (χ4n) is 1.04. The van der Waals surface area contributed by atoms with Crippen molar-refractivity contribution in [2.24, 2.45) is 5.73 Å². The first-order valence-electron chi connectivity index (χ1n) is 4.24. The normalized spacial score (nSPS) is 9.93. The van der Waals surface area contributed by atoms with Gasteiger partial charge in [0.15, 0.2) is 0 Å². The van der Waals surface area contributed by atoms with Gasteiger partial charge in [-0.05, 0) is 30.2 Å². The number of halogens is 1. The minimum atomic E-state index is -0.382. The first-order chi connectivity index (χ1) is 6.63. The van der Waals surface area contributed by atoms with Crippen molar-refractivity contribution in [3.05, 3.63) is 33.8 Å². The Labute approximate surface area is 91.4 Å². The number of carbonyl (C=O) groups excluding carboxylic acids is 1. The molecule has 0 atom stereocenters. The number of rotatable bonds is 3. The van der Waals surface area contributed by atoms with E-state index in [9.17, 15) is 4.79 Å². The van der Waals surface area contributed by atoms with Crippen molar-refractivity contribution in [2.75, 3.05) is 6.54 Å². The Morgan fingerprint density at radius 2 is 2.29 bits per heavy atom. The number of hydrogen-bond acceptors (Lipinski definition) is 3. The van der Waals surface area contributed by atoms with Crippen molar-refractivity contribution in [1.29, 1.82) is 0 Å². The number of benzene rings is 1. The Bertz CT molecular complexity index is 339.